The Bertz CT molecular complexity index is 1140. The average Bonchev–Trinajstić information content (AvgIpc) is 3.12. The highest BCUT2D eigenvalue weighted by molar-refractivity contribution is 7.99. The summed E-state index contributed by atoms with van der Waals surface area (Å²) in [7, 11) is 0. The van der Waals surface area contributed by atoms with E-state index >= 15 is 0 Å². The summed E-state index contributed by atoms with van der Waals surface area (Å²) < 4.78 is 1.87. The molecule has 2 amide bonds. The van der Waals surface area contributed by atoms with Crippen LogP contribution in [0.25, 0.3) is 0 Å². The van der Waals surface area contributed by atoms with Gasteiger partial charge < -0.3 is 15.2 Å². The molecule has 2 aromatic carbocycles. The largest absolute Gasteiger partial charge is 0.325 e. The summed E-state index contributed by atoms with van der Waals surface area (Å²) in [6, 6.07) is 11.7. The molecule has 8 heteroatoms. The van der Waals surface area contributed by atoms with Gasteiger partial charge in [0.1, 0.15) is 5.82 Å². The average molecular weight is 452 g/mol. The van der Waals surface area contributed by atoms with Crippen LogP contribution in [0.5, 0.6) is 0 Å². The Kier molecular flexibility index (Phi) is 7.69. The Morgan fingerprint density at radius 1 is 0.906 bits per heavy atom. The molecule has 7 nitrogen and oxygen atoms in total. The lowest BCUT2D eigenvalue weighted by molar-refractivity contribution is -0.116. The van der Waals surface area contributed by atoms with Gasteiger partial charge in [-0.2, -0.15) is 0 Å². The molecule has 1 heterocycles. The van der Waals surface area contributed by atoms with Crippen LogP contribution in [0.4, 0.5) is 11.4 Å². The van der Waals surface area contributed by atoms with Crippen molar-refractivity contribution in [2.24, 2.45) is 0 Å². The minimum absolute atomic E-state index is 0.113. The van der Waals surface area contributed by atoms with Crippen LogP contribution in [0.2, 0.25) is 0 Å². The van der Waals surface area contributed by atoms with Crippen molar-refractivity contribution in [3.8, 4) is 0 Å². The first-order chi connectivity index (χ1) is 15.3. The molecule has 0 radical (unpaired) electrons. The second-order valence-electron chi connectivity index (χ2n) is 7.82. The maximum Gasteiger partial charge on any atom is 0.234 e. The molecule has 1 aromatic heterocycles. The van der Waals surface area contributed by atoms with Crippen molar-refractivity contribution < 1.29 is 9.59 Å². The molecule has 0 spiro atoms. The van der Waals surface area contributed by atoms with Crippen LogP contribution < -0.4 is 10.6 Å². The van der Waals surface area contributed by atoms with Gasteiger partial charge in [-0.3, -0.25) is 9.59 Å². The lowest BCUT2D eigenvalue weighted by atomic mass is 10.1. The van der Waals surface area contributed by atoms with Crippen molar-refractivity contribution >= 4 is 35.0 Å². The van der Waals surface area contributed by atoms with Crippen LogP contribution in [0.3, 0.4) is 0 Å². The molecule has 0 bridgehead atoms. The first kappa shape index (κ1) is 23.5. The molecule has 3 aromatic rings. The smallest absolute Gasteiger partial charge is 0.234 e. The van der Waals surface area contributed by atoms with Crippen molar-refractivity contribution in [2.75, 3.05) is 16.4 Å². The van der Waals surface area contributed by atoms with E-state index in [4.69, 9.17) is 0 Å². The van der Waals surface area contributed by atoms with Crippen LogP contribution in [0.15, 0.2) is 41.6 Å². The van der Waals surface area contributed by atoms with E-state index in [9.17, 15) is 9.59 Å². The van der Waals surface area contributed by atoms with E-state index in [-0.39, 0.29) is 24.0 Å². The monoisotopic (exact) mass is 451 g/mol. The zero-order valence-corrected chi connectivity index (χ0v) is 20.0. The predicted molar refractivity (Wildman–Crippen MR) is 129 cm³/mol. The number of aromatic nitrogens is 3. The standard InChI is InChI=1S/C24H29N5O2S/c1-6-29-21(13-22(30)26-20-10-7-15(2)11-18(20)5)27-28-24(29)32-14-23(31)25-19-9-8-16(3)17(4)12-19/h7-12H,6,13-14H2,1-5H3,(H,25,31)(H,26,30). The van der Waals surface area contributed by atoms with E-state index in [1.54, 1.807) is 0 Å². The number of carbonyl (C=O) groups is 2. The molecule has 168 valence electrons. The molecule has 0 unspecified atom stereocenters. The molecule has 32 heavy (non-hydrogen) atoms. The Balaban J connectivity index is 1.59. The van der Waals surface area contributed by atoms with Gasteiger partial charge in [0.2, 0.25) is 11.8 Å². The van der Waals surface area contributed by atoms with Gasteiger partial charge in [0.15, 0.2) is 5.16 Å². The number of hydrogen-bond donors (Lipinski definition) is 2. The molecule has 2 N–H and O–H groups in total. The third-order valence-corrected chi connectivity index (χ3v) is 6.17. The summed E-state index contributed by atoms with van der Waals surface area (Å²) in [6.45, 7) is 10.6. The van der Waals surface area contributed by atoms with Crippen LogP contribution in [0, 0.1) is 27.7 Å². The lowest BCUT2D eigenvalue weighted by Gasteiger charge is -2.10. The molecular weight excluding hydrogens is 422 g/mol. The van der Waals surface area contributed by atoms with Gasteiger partial charge in [0.25, 0.3) is 0 Å². The maximum atomic E-state index is 12.6. The van der Waals surface area contributed by atoms with E-state index in [1.807, 2.05) is 75.6 Å². The lowest BCUT2D eigenvalue weighted by Crippen LogP contribution is -2.18. The summed E-state index contributed by atoms with van der Waals surface area (Å²) in [4.78, 5) is 24.9. The minimum Gasteiger partial charge on any atom is -0.325 e. The number of rotatable bonds is 8. The zero-order chi connectivity index (χ0) is 23.3. The summed E-state index contributed by atoms with van der Waals surface area (Å²) >= 11 is 1.31. The third-order valence-electron chi connectivity index (χ3n) is 5.21. The highest BCUT2D eigenvalue weighted by atomic mass is 32.2. The second kappa shape index (κ2) is 10.5. The third kappa shape index (κ3) is 5.97. The first-order valence-corrected chi connectivity index (χ1v) is 11.5. The number of amides is 2. The summed E-state index contributed by atoms with van der Waals surface area (Å²) in [5.74, 6) is 0.521. The maximum absolute atomic E-state index is 12.6. The van der Waals surface area contributed by atoms with Crippen LogP contribution in [-0.2, 0) is 22.6 Å². The predicted octanol–water partition coefficient (Wildman–Crippen LogP) is 4.44. The van der Waals surface area contributed by atoms with Crippen molar-refractivity contribution in [1.29, 1.82) is 0 Å². The van der Waals surface area contributed by atoms with Gasteiger partial charge in [-0.25, -0.2) is 0 Å². The highest BCUT2D eigenvalue weighted by Gasteiger charge is 2.16. The van der Waals surface area contributed by atoms with Crippen LogP contribution in [-0.4, -0.2) is 32.3 Å². The van der Waals surface area contributed by atoms with Crippen LogP contribution in [0.1, 0.15) is 35.0 Å². The molecular formula is C24H29N5O2S. The van der Waals surface area contributed by atoms with E-state index in [0.717, 1.165) is 28.1 Å². The quantitative estimate of drug-likeness (QED) is 0.494. The number of nitrogens with zero attached hydrogens (tertiary/aromatic N) is 3. The second-order valence-corrected chi connectivity index (χ2v) is 8.76. The number of benzene rings is 2. The van der Waals surface area contributed by atoms with Gasteiger partial charge in [0, 0.05) is 17.9 Å². The van der Waals surface area contributed by atoms with Gasteiger partial charge >= 0.3 is 0 Å². The number of nitrogens with one attached hydrogen (secondary N) is 2. The van der Waals surface area contributed by atoms with Crippen molar-refractivity contribution in [1.82, 2.24) is 14.8 Å². The molecule has 3 rings (SSSR count). The van der Waals surface area contributed by atoms with Gasteiger partial charge in [-0.1, -0.05) is 35.5 Å². The number of carbonyl (C=O) groups excluding carboxylic acids is 2. The van der Waals surface area contributed by atoms with Crippen molar-refractivity contribution in [2.45, 2.75) is 52.7 Å². The van der Waals surface area contributed by atoms with E-state index in [0.29, 0.717) is 17.5 Å². The molecule has 0 atom stereocenters. The minimum atomic E-state index is -0.150. The molecule has 0 aliphatic rings. The SMILES string of the molecule is CCn1c(CC(=O)Nc2ccc(C)cc2C)nnc1SCC(=O)Nc1ccc(C)c(C)c1. The number of aryl methyl sites for hydroxylation is 4. The number of thioether (sulfide) groups is 1. The molecule has 0 fully saturated rings. The van der Waals surface area contributed by atoms with E-state index in [2.05, 4.69) is 20.8 Å². The highest BCUT2D eigenvalue weighted by Crippen LogP contribution is 2.20. The molecule has 0 aliphatic heterocycles. The fraction of sp³-hybridized carbons (Fsp3) is 0.333. The fourth-order valence-electron chi connectivity index (χ4n) is 3.31. The van der Waals surface area contributed by atoms with E-state index in [1.165, 1.54) is 17.3 Å². The fourth-order valence-corrected chi connectivity index (χ4v) is 4.13. The Morgan fingerprint density at radius 3 is 2.38 bits per heavy atom. The first-order valence-electron chi connectivity index (χ1n) is 10.6. The molecule has 0 saturated heterocycles. The zero-order valence-electron chi connectivity index (χ0n) is 19.2. The Hall–Kier alpha value is -3.13. The van der Waals surface area contributed by atoms with Crippen molar-refractivity contribution in [3.05, 3.63) is 64.5 Å². The summed E-state index contributed by atoms with van der Waals surface area (Å²) in [6.07, 6.45) is 0.115. The molecule has 0 saturated carbocycles. The summed E-state index contributed by atoms with van der Waals surface area (Å²) in [5, 5.41) is 14.9. The normalized spacial score (nSPS) is 10.8. The van der Waals surface area contributed by atoms with Crippen molar-refractivity contribution in [3.63, 3.8) is 0 Å². The Morgan fingerprint density at radius 2 is 1.69 bits per heavy atom. The van der Waals surface area contributed by atoms with Gasteiger partial charge in [-0.05, 0) is 69.5 Å². The number of anilines is 2. The van der Waals surface area contributed by atoms with Crippen LogP contribution >= 0.6 is 11.8 Å². The van der Waals surface area contributed by atoms with Gasteiger partial charge in [0.05, 0.1) is 12.2 Å². The van der Waals surface area contributed by atoms with E-state index < -0.39 is 0 Å². The Labute approximate surface area is 193 Å². The topological polar surface area (TPSA) is 88.9 Å². The molecule has 0 aliphatic carbocycles. The summed E-state index contributed by atoms with van der Waals surface area (Å²) in [5.41, 5.74) is 6.04. The van der Waals surface area contributed by atoms with Gasteiger partial charge in [-0.15, -0.1) is 10.2 Å². The number of hydrogen-bond acceptors (Lipinski definition) is 5.